The summed E-state index contributed by atoms with van der Waals surface area (Å²) in [7, 11) is -6.82. The first-order valence-electron chi connectivity index (χ1n) is 5.66. The van der Waals surface area contributed by atoms with E-state index in [0.29, 0.717) is 12.3 Å². The minimum absolute atomic E-state index is 0.0750. The number of rotatable bonds is 6. The molecular weight excluding hydrogens is 276 g/mol. The van der Waals surface area contributed by atoms with Crippen LogP contribution in [-0.4, -0.2) is 35.5 Å². The summed E-state index contributed by atoms with van der Waals surface area (Å²) in [5, 5.41) is 0. The average Bonchev–Trinajstić information content (AvgIpc) is 2.24. The van der Waals surface area contributed by atoms with Crippen LogP contribution in [0.5, 0.6) is 0 Å². The number of hydrogen-bond acceptors (Lipinski definition) is 5. The van der Waals surface area contributed by atoms with Crippen molar-refractivity contribution in [3.05, 3.63) is 23.1 Å². The molecule has 0 saturated heterocycles. The summed E-state index contributed by atoms with van der Waals surface area (Å²) >= 11 is 0. The van der Waals surface area contributed by atoms with Gasteiger partial charge in [-0.15, -0.1) is 0 Å². The van der Waals surface area contributed by atoms with Crippen LogP contribution < -0.4 is 0 Å². The molecule has 1 aliphatic rings. The van der Waals surface area contributed by atoms with Gasteiger partial charge in [-0.1, -0.05) is 19.1 Å². The second-order valence-electron chi connectivity index (χ2n) is 4.44. The van der Waals surface area contributed by atoms with Crippen LogP contribution in [0.25, 0.3) is 0 Å². The summed E-state index contributed by atoms with van der Waals surface area (Å²) in [5.41, 5.74) is 0. The number of hydrogen-bond donors (Lipinski definition) is 0. The van der Waals surface area contributed by atoms with Crippen LogP contribution in [0.4, 0.5) is 0 Å². The molecule has 0 spiro atoms. The summed E-state index contributed by atoms with van der Waals surface area (Å²) < 4.78 is 50.0. The van der Waals surface area contributed by atoms with Gasteiger partial charge in [0.05, 0.1) is 17.3 Å². The molecule has 1 rings (SSSR count). The van der Waals surface area contributed by atoms with E-state index in [2.05, 4.69) is 0 Å². The van der Waals surface area contributed by atoms with Gasteiger partial charge in [0.25, 0.3) is 10.1 Å². The zero-order chi connectivity index (χ0) is 13.8. The molecule has 0 aromatic heterocycles. The minimum Gasteiger partial charge on any atom is -0.266 e. The van der Waals surface area contributed by atoms with Gasteiger partial charge in [0.1, 0.15) is 9.84 Å². The molecule has 104 valence electrons. The Labute approximate surface area is 109 Å². The Bertz CT molecular complexity index is 540. The van der Waals surface area contributed by atoms with Gasteiger partial charge in [-0.05, 0) is 24.8 Å². The van der Waals surface area contributed by atoms with Crippen molar-refractivity contribution in [1.82, 2.24) is 0 Å². The van der Waals surface area contributed by atoms with Crippen molar-refractivity contribution in [3.8, 4) is 0 Å². The topological polar surface area (TPSA) is 77.5 Å². The second kappa shape index (κ2) is 5.99. The molecule has 1 atom stereocenters. The van der Waals surface area contributed by atoms with Gasteiger partial charge in [0.15, 0.2) is 0 Å². The largest absolute Gasteiger partial charge is 0.296 e. The van der Waals surface area contributed by atoms with Gasteiger partial charge in [0, 0.05) is 6.26 Å². The zero-order valence-corrected chi connectivity index (χ0v) is 12.1. The first-order chi connectivity index (χ1) is 8.21. The third-order valence-corrected chi connectivity index (χ3v) is 4.85. The zero-order valence-electron chi connectivity index (χ0n) is 10.5. The fourth-order valence-electron chi connectivity index (χ4n) is 1.45. The van der Waals surface area contributed by atoms with Gasteiger partial charge < -0.3 is 0 Å². The SMILES string of the molecule is CC1C=CC(S(=O)(=O)OCCCS(C)(=O)=O)=CC1. The van der Waals surface area contributed by atoms with Crippen molar-refractivity contribution >= 4 is 20.0 Å². The first kappa shape index (κ1) is 15.4. The number of sulfone groups is 1. The van der Waals surface area contributed by atoms with E-state index >= 15 is 0 Å². The summed E-state index contributed by atoms with van der Waals surface area (Å²) in [5.74, 6) is 0.253. The third kappa shape index (κ3) is 5.32. The lowest BCUT2D eigenvalue weighted by Crippen LogP contribution is -2.13. The van der Waals surface area contributed by atoms with Crippen LogP contribution in [0.1, 0.15) is 19.8 Å². The van der Waals surface area contributed by atoms with Gasteiger partial charge >= 0.3 is 0 Å². The van der Waals surface area contributed by atoms with Crippen LogP contribution in [0.3, 0.4) is 0 Å². The standard InChI is InChI=1S/C11H18O5S2/c1-10-4-6-11(7-5-10)18(14,15)16-8-3-9-17(2,12)13/h4,6-7,10H,3,5,8-9H2,1-2H3. The lowest BCUT2D eigenvalue weighted by atomic mass is 10.0. The molecule has 1 unspecified atom stereocenters. The highest BCUT2D eigenvalue weighted by Gasteiger charge is 2.19. The Balaban J connectivity index is 2.49. The molecule has 18 heavy (non-hydrogen) atoms. The van der Waals surface area contributed by atoms with Crippen LogP contribution in [0.2, 0.25) is 0 Å². The first-order valence-corrected chi connectivity index (χ1v) is 9.13. The van der Waals surface area contributed by atoms with Gasteiger partial charge in [0.2, 0.25) is 0 Å². The van der Waals surface area contributed by atoms with Crippen molar-refractivity contribution in [2.24, 2.45) is 5.92 Å². The average molecular weight is 294 g/mol. The molecule has 0 aliphatic heterocycles. The fraction of sp³-hybridized carbons (Fsp3) is 0.636. The van der Waals surface area contributed by atoms with E-state index in [1.54, 1.807) is 6.08 Å². The summed E-state index contributed by atoms with van der Waals surface area (Å²) in [6.45, 7) is 1.87. The lowest BCUT2D eigenvalue weighted by molar-refractivity contribution is 0.323. The summed E-state index contributed by atoms with van der Waals surface area (Å²) in [6.07, 6.45) is 6.90. The molecular formula is C11H18O5S2. The Hall–Kier alpha value is -0.660. The van der Waals surface area contributed by atoms with Crippen LogP contribution in [-0.2, 0) is 24.1 Å². The minimum atomic E-state index is -3.75. The van der Waals surface area contributed by atoms with E-state index in [0.717, 1.165) is 6.26 Å². The highest BCUT2D eigenvalue weighted by atomic mass is 32.2. The van der Waals surface area contributed by atoms with E-state index < -0.39 is 20.0 Å². The maximum absolute atomic E-state index is 11.7. The Morgan fingerprint density at radius 1 is 1.33 bits per heavy atom. The third-order valence-electron chi connectivity index (χ3n) is 2.47. The second-order valence-corrected chi connectivity index (χ2v) is 8.31. The van der Waals surface area contributed by atoms with Crippen molar-refractivity contribution in [2.75, 3.05) is 18.6 Å². The van der Waals surface area contributed by atoms with Gasteiger partial charge in [-0.2, -0.15) is 8.42 Å². The summed E-state index contributed by atoms with van der Waals surface area (Å²) in [4.78, 5) is 0.153. The predicted octanol–water partition coefficient (Wildman–Crippen LogP) is 1.25. The van der Waals surface area contributed by atoms with Crippen LogP contribution in [0, 0.1) is 5.92 Å². The normalized spacial score (nSPS) is 20.8. The Morgan fingerprint density at radius 2 is 2.00 bits per heavy atom. The monoisotopic (exact) mass is 294 g/mol. The molecule has 5 nitrogen and oxygen atoms in total. The van der Waals surface area contributed by atoms with Crippen molar-refractivity contribution in [2.45, 2.75) is 19.8 Å². The molecule has 0 fully saturated rings. The molecule has 0 heterocycles. The van der Waals surface area contributed by atoms with Gasteiger partial charge in [-0.25, -0.2) is 8.42 Å². The molecule has 0 saturated carbocycles. The van der Waals surface area contributed by atoms with E-state index in [9.17, 15) is 16.8 Å². The fourth-order valence-corrected chi connectivity index (χ4v) is 3.11. The van der Waals surface area contributed by atoms with Crippen LogP contribution in [0.15, 0.2) is 23.1 Å². The summed E-state index contributed by atoms with van der Waals surface area (Å²) in [6, 6.07) is 0. The maximum atomic E-state index is 11.7. The molecule has 0 bridgehead atoms. The van der Waals surface area contributed by atoms with Gasteiger partial charge in [-0.3, -0.25) is 4.18 Å². The molecule has 0 aromatic carbocycles. The van der Waals surface area contributed by atoms with E-state index in [1.807, 2.05) is 13.0 Å². The highest BCUT2D eigenvalue weighted by molar-refractivity contribution is 7.91. The highest BCUT2D eigenvalue weighted by Crippen LogP contribution is 2.20. The predicted molar refractivity (Wildman–Crippen MR) is 70.2 cm³/mol. The van der Waals surface area contributed by atoms with Crippen LogP contribution >= 0.6 is 0 Å². The maximum Gasteiger partial charge on any atom is 0.296 e. The molecule has 0 amide bonds. The molecule has 7 heteroatoms. The quantitative estimate of drug-likeness (QED) is 0.544. The lowest BCUT2D eigenvalue weighted by Gasteiger charge is -2.12. The van der Waals surface area contributed by atoms with E-state index in [1.165, 1.54) is 6.08 Å². The van der Waals surface area contributed by atoms with E-state index in [-0.39, 0.29) is 23.7 Å². The Morgan fingerprint density at radius 3 is 2.50 bits per heavy atom. The molecule has 0 aromatic rings. The van der Waals surface area contributed by atoms with Crippen molar-refractivity contribution < 1.29 is 21.0 Å². The van der Waals surface area contributed by atoms with E-state index in [4.69, 9.17) is 4.18 Å². The molecule has 0 N–H and O–H groups in total. The number of allylic oxidation sites excluding steroid dienone is 3. The van der Waals surface area contributed by atoms with Crippen molar-refractivity contribution in [3.63, 3.8) is 0 Å². The molecule has 0 radical (unpaired) electrons. The smallest absolute Gasteiger partial charge is 0.266 e. The van der Waals surface area contributed by atoms with Crippen molar-refractivity contribution in [1.29, 1.82) is 0 Å². The molecule has 1 aliphatic carbocycles. The Kier molecular flexibility index (Phi) is 5.12.